The first-order chi connectivity index (χ1) is 9.19. The number of likely N-dealkylation sites (tertiary alicyclic amines) is 1. The molecule has 1 saturated heterocycles. The fourth-order valence-electron chi connectivity index (χ4n) is 2.18. The lowest BCUT2D eigenvalue weighted by Gasteiger charge is -2.15. The van der Waals surface area contributed by atoms with E-state index in [0.29, 0.717) is 18.2 Å². The number of carbonyl (C=O) groups excluding carboxylic acids is 1. The number of thioether (sulfide) groups is 1. The molecule has 1 aliphatic rings. The fraction of sp³-hybridized carbons (Fsp3) is 0.500. The number of rotatable bonds is 5. The van der Waals surface area contributed by atoms with E-state index < -0.39 is 0 Å². The summed E-state index contributed by atoms with van der Waals surface area (Å²) in [6.45, 7) is 2.38. The number of nitrogens with zero attached hydrogens (tertiary/aromatic N) is 1. The molecule has 0 saturated carbocycles. The van der Waals surface area contributed by atoms with Crippen LogP contribution in [0.1, 0.15) is 12.0 Å². The Morgan fingerprint density at radius 1 is 1.42 bits per heavy atom. The van der Waals surface area contributed by atoms with E-state index in [2.05, 4.69) is 0 Å². The van der Waals surface area contributed by atoms with Gasteiger partial charge < -0.3 is 10.6 Å². The zero-order valence-corrected chi connectivity index (χ0v) is 12.4. The molecule has 0 aromatic heterocycles. The van der Waals surface area contributed by atoms with Crippen molar-refractivity contribution >= 4 is 29.3 Å². The molecule has 0 radical (unpaired) electrons. The van der Waals surface area contributed by atoms with Crippen LogP contribution in [0.25, 0.3) is 0 Å². The molecule has 19 heavy (non-hydrogen) atoms. The molecule has 1 atom stereocenters. The Kier molecular flexibility index (Phi) is 5.55. The number of carbonyl (C=O) groups is 1. The minimum atomic E-state index is 0.231. The molecule has 2 N–H and O–H groups in total. The van der Waals surface area contributed by atoms with Crippen molar-refractivity contribution < 1.29 is 4.79 Å². The molecule has 0 bridgehead atoms. The molecule has 1 fully saturated rings. The summed E-state index contributed by atoms with van der Waals surface area (Å²) in [6, 6.07) is 7.76. The van der Waals surface area contributed by atoms with Crippen LogP contribution in [0.15, 0.2) is 24.3 Å². The summed E-state index contributed by atoms with van der Waals surface area (Å²) in [5, 5.41) is 0.745. The molecule has 0 spiro atoms. The molecule has 1 heterocycles. The fourth-order valence-corrected chi connectivity index (χ4v) is 3.19. The average Bonchev–Trinajstić information content (AvgIpc) is 2.90. The SMILES string of the molecule is NCC1CCN(C(=O)CSCc2ccc(Cl)cc2)C1. The van der Waals surface area contributed by atoms with Crippen molar-refractivity contribution in [3.05, 3.63) is 34.9 Å². The summed E-state index contributed by atoms with van der Waals surface area (Å²) in [6.07, 6.45) is 1.05. The molecular weight excluding hydrogens is 280 g/mol. The normalized spacial score (nSPS) is 18.8. The van der Waals surface area contributed by atoms with Crippen molar-refractivity contribution in [1.29, 1.82) is 0 Å². The molecule has 1 amide bonds. The Labute approximate surface area is 123 Å². The number of halogens is 1. The van der Waals surface area contributed by atoms with Gasteiger partial charge in [-0.1, -0.05) is 23.7 Å². The van der Waals surface area contributed by atoms with E-state index in [1.165, 1.54) is 5.56 Å². The molecule has 104 valence electrons. The van der Waals surface area contributed by atoms with E-state index in [-0.39, 0.29) is 5.91 Å². The lowest BCUT2D eigenvalue weighted by atomic mass is 10.1. The quantitative estimate of drug-likeness (QED) is 0.908. The van der Waals surface area contributed by atoms with Crippen LogP contribution in [0.4, 0.5) is 0 Å². The maximum Gasteiger partial charge on any atom is 0.232 e. The van der Waals surface area contributed by atoms with Gasteiger partial charge in [-0.2, -0.15) is 0 Å². The lowest BCUT2D eigenvalue weighted by Crippen LogP contribution is -2.31. The second kappa shape index (κ2) is 7.17. The summed E-state index contributed by atoms with van der Waals surface area (Å²) in [7, 11) is 0. The Hall–Kier alpha value is -0.710. The van der Waals surface area contributed by atoms with E-state index in [1.54, 1.807) is 11.8 Å². The Balaban J connectivity index is 1.71. The molecule has 1 unspecified atom stereocenters. The monoisotopic (exact) mass is 298 g/mol. The highest BCUT2D eigenvalue weighted by Gasteiger charge is 2.24. The predicted molar refractivity (Wildman–Crippen MR) is 81.4 cm³/mol. The third-order valence-corrected chi connectivity index (χ3v) is 4.62. The zero-order valence-electron chi connectivity index (χ0n) is 10.8. The van der Waals surface area contributed by atoms with Gasteiger partial charge in [0.1, 0.15) is 0 Å². The highest BCUT2D eigenvalue weighted by molar-refractivity contribution is 7.99. The van der Waals surface area contributed by atoms with Crippen molar-refractivity contribution in [2.45, 2.75) is 12.2 Å². The van der Waals surface area contributed by atoms with Gasteiger partial charge in [-0.25, -0.2) is 0 Å². The first-order valence-corrected chi connectivity index (χ1v) is 8.02. The largest absolute Gasteiger partial charge is 0.342 e. The van der Waals surface area contributed by atoms with Gasteiger partial charge in [0.2, 0.25) is 5.91 Å². The van der Waals surface area contributed by atoms with Gasteiger partial charge in [-0.3, -0.25) is 4.79 Å². The molecule has 1 aliphatic heterocycles. The molecule has 3 nitrogen and oxygen atoms in total. The Morgan fingerprint density at radius 3 is 2.79 bits per heavy atom. The highest BCUT2D eigenvalue weighted by Crippen LogP contribution is 2.19. The number of amides is 1. The first kappa shape index (κ1) is 14.7. The maximum atomic E-state index is 12.0. The molecule has 2 rings (SSSR count). The predicted octanol–water partition coefficient (Wildman–Crippen LogP) is 2.38. The van der Waals surface area contributed by atoms with E-state index >= 15 is 0 Å². The smallest absolute Gasteiger partial charge is 0.232 e. The van der Waals surface area contributed by atoms with E-state index in [9.17, 15) is 4.79 Å². The van der Waals surface area contributed by atoms with E-state index in [4.69, 9.17) is 17.3 Å². The lowest BCUT2D eigenvalue weighted by molar-refractivity contribution is -0.127. The summed E-state index contributed by atoms with van der Waals surface area (Å²) < 4.78 is 0. The second-order valence-corrected chi connectivity index (χ2v) is 6.27. The number of nitrogens with two attached hydrogens (primary N) is 1. The van der Waals surface area contributed by atoms with Crippen molar-refractivity contribution in [1.82, 2.24) is 4.90 Å². The van der Waals surface area contributed by atoms with Crippen LogP contribution in [0.3, 0.4) is 0 Å². The van der Waals surface area contributed by atoms with Crippen LogP contribution >= 0.6 is 23.4 Å². The van der Waals surface area contributed by atoms with Crippen LogP contribution in [0.2, 0.25) is 5.02 Å². The molecular formula is C14H19ClN2OS. The summed E-state index contributed by atoms with van der Waals surface area (Å²) in [5.41, 5.74) is 6.83. The number of hydrogen-bond acceptors (Lipinski definition) is 3. The second-order valence-electron chi connectivity index (χ2n) is 4.85. The van der Waals surface area contributed by atoms with Crippen molar-refractivity contribution in [3.8, 4) is 0 Å². The standard InChI is InChI=1S/C14H19ClN2OS/c15-13-3-1-11(2-4-13)9-19-10-14(18)17-6-5-12(7-16)8-17/h1-4,12H,5-10,16H2. The third kappa shape index (κ3) is 4.41. The third-order valence-electron chi connectivity index (χ3n) is 3.38. The van der Waals surface area contributed by atoms with Crippen molar-refractivity contribution in [3.63, 3.8) is 0 Å². The van der Waals surface area contributed by atoms with Crippen molar-refractivity contribution in [2.24, 2.45) is 11.7 Å². The average molecular weight is 299 g/mol. The summed E-state index contributed by atoms with van der Waals surface area (Å²) >= 11 is 7.48. The highest BCUT2D eigenvalue weighted by atomic mass is 35.5. The van der Waals surface area contributed by atoms with Crippen molar-refractivity contribution in [2.75, 3.05) is 25.4 Å². The Morgan fingerprint density at radius 2 is 2.16 bits per heavy atom. The van der Waals surface area contributed by atoms with Crippen LogP contribution in [-0.2, 0) is 10.5 Å². The Bertz CT molecular complexity index is 424. The van der Waals surface area contributed by atoms with Gasteiger partial charge in [0.05, 0.1) is 5.75 Å². The topological polar surface area (TPSA) is 46.3 Å². The van der Waals surface area contributed by atoms with Gasteiger partial charge >= 0.3 is 0 Å². The first-order valence-electron chi connectivity index (χ1n) is 6.49. The van der Waals surface area contributed by atoms with Crippen LogP contribution in [0.5, 0.6) is 0 Å². The van der Waals surface area contributed by atoms with E-state index in [0.717, 1.165) is 30.3 Å². The minimum Gasteiger partial charge on any atom is -0.342 e. The summed E-state index contributed by atoms with van der Waals surface area (Å²) in [4.78, 5) is 13.9. The van der Waals surface area contributed by atoms with Gasteiger partial charge in [-0.15, -0.1) is 11.8 Å². The van der Waals surface area contributed by atoms with Gasteiger partial charge in [0, 0.05) is 23.9 Å². The van der Waals surface area contributed by atoms with Crippen LogP contribution in [0, 0.1) is 5.92 Å². The molecule has 1 aromatic rings. The number of benzene rings is 1. The van der Waals surface area contributed by atoms with Gasteiger partial charge in [0.15, 0.2) is 0 Å². The van der Waals surface area contributed by atoms with Gasteiger partial charge in [-0.05, 0) is 36.6 Å². The molecule has 1 aromatic carbocycles. The number of hydrogen-bond donors (Lipinski definition) is 1. The minimum absolute atomic E-state index is 0.231. The van der Waals surface area contributed by atoms with E-state index in [1.807, 2.05) is 29.2 Å². The molecule has 0 aliphatic carbocycles. The maximum absolute atomic E-state index is 12.0. The van der Waals surface area contributed by atoms with Crippen LogP contribution < -0.4 is 5.73 Å². The molecule has 5 heteroatoms. The zero-order chi connectivity index (χ0) is 13.7. The van der Waals surface area contributed by atoms with Crippen LogP contribution in [-0.4, -0.2) is 36.2 Å². The summed E-state index contributed by atoms with van der Waals surface area (Å²) in [5.74, 6) is 2.11. The van der Waals surface area contributed by atoms with Gasteiger partial charge in [0.25, 0.3) is 0 Å².